The SMILES string of the molecule is CCOC(=O)c1c(CNc2ccc(OC)cc2)[nH]c(C(=O)NCc2ccc(Br)cc2)c1CC.O=C(O)C(F)(F)F. The molecule has 3 rings (SSSR count). The van der Waals surface area contributed by atoms with Gasteiger partial charge in [-0.3, -0.25) is 4.79 Å². The summed E-state index contributed by atoms with van der Waals surface area (Å²) in [6.45, 7) is 4.63. The standard InChI is InChI=1S/C25H28BrN3O4.C2HF3O2/c1-4-20-22(25(31)33-5-2)21(15-27-18-10-12-19(32-3)13-11-18)29-23(20)24(30)28-14-16-6-8-17(26)9-7-16;3-2(4,5)1(6)7/h6-13,27,29H,4-5,14-15H2,1-3H3,(H,28,30);(H,6,7). The third-order valence-electron chi connectivity index (χ3n) is 5.41. The molecule has 0 fully saturated rings. The number of amides is 1. The Kier molecular flexibility index (Phi) is 12.1. The van der Waals surface area contributed by atoms with E-state index >= 15 is 0 Å². The number of anilines is 1. The molecule has 0 spiro atoms. The van der Waals surface area contributed by atoms with Gasteiger partial charge in [-0.1, -0.05) is 35.0 Å². The molecule has 1 heterocycles. The summed E-state index contributed by atoms with van der Waals surface area (Å²) in [6.07, 6.45) is -4.58. The van der Waals surface area contributed by atoms with Crippen molar-refractivity contribution >= 4 is 39.5 Å². The number of benzene rings is 2. The number of hydrogen-bond acceptors (Lipinski definition) is 6. The molecule has 2 aromatic carbocycles. The Morgan fingerprint density at radius 2 is 1.60 bits per heavy atom. The number of H-pyrrole nitrogens is 1. The first-order valence-electron chi connectivity index (χ1n) is 12.0. The molecule has 0 saturated carbocycles. The van der Waals surface area contributed by atoms with Gasteiger partial charge >= 0.3 is 18.1 Å². The van der Waals surface area contributed by atoms with E-state index in [0.29, 0.717) is 42.0 Å². The second-order valence-corrected chi connectivity index (χ2v) is 9.02. The fourth-order valence-corrected chi connectivity index (χ4v) is 3.76. The van der Waals surface area contributed by atoms with Crippen LogP contribution in [0.3, 0.4) is 0 Å². The average molecular weight is 628 g/mol. The molecular formula is C27H29BrF3N3O6. The van der Waals surface area contributed by atoms with E-state index in [1.165, 1.54) is 0 Å². The average Bonchev–Trinajstić information content (AvgIpc) is 3.30. The van der Waals surface area contributed by atoms with Gasteiger partial charge in [0.05, 0.1) is 25.8 Å². The van der Waals surface area contributed by atoms with Crippen LogP contribution >= 0.6 is 15.9 Å². The lowest BCUT2D eigenvalue weighted by atomic mass is 10.1. The maximum Gasteiger partial charge on any atom is 0.490 e. The molecule has 40 heavy (non-hydrogen) atoms. The summed E-state index contributed by atoms with van der Waals surface area (Å²) in [4.78, 5) is 37.8. The molecule has 4 N–H and O–H groups in total. The molecule has 0 atom stereocenters. The number of carboxylic acid groups (broad SMARTS) is 1. The molecule has 1 amide bonds. The van der Waals surface area contributed by atoms with Gasteiger partial charge in [-0.2, -0.15) is 13.2 Å². The van der Waals surface area contributed by atoms with Gasteiger partial charge in [0.25, 0.3) is 5.91 Å². The number of methoxy groups -OCH3 is 1. The fourth-order valence-electron chi connectivity index (χ4n) is 3.50. The van der Waals surface area contributed by atoms with Crippen molar-refractivity contribution in [2.75, 3.05) is 19.0 Å². The number of aromatic nitrogens is 1. The smallest absolute Gasteiger partial charge is 0.490 e. The lowest BCUT2D eigenvalue weighted by molar-refractivity contribution is -0.192. The first-order chi connectivity index (χ1) is 18.9. The van der Waals surface area contributed by atoms with Gasteiger partial charge in [-0.15, -0.1) is 0 Å². The third kappa shape index (κ3) is 9.33. The monoisotopic (exact) mass is 627 g/mol. The first-order valence-corrected chi connectivity index (χ1v) is 12.8. The summed E-state index contributed by atoms with van der Waals surface area (Å²) < 4.78 is 43.2. The molecule has 13 heteroatoms. The van der Waals surface area contributed by atoms with E-state index in [2.05, 4.69) is 31.5 Å². The zero-order valence-electron chi connectivity index (χ0n) is 21.9. The van der Waals surface area contributed by atoms with Crippen molar-refractivity contribution in [1.82, 2.24) is 10.3 Å². The number of nitrogens with one attached hydrogen (secondary N) is 3. The van der Waals surface area contributed by atoms with Crippen molar-refractivity contribution in [3.8, 4) is 5.75 Å². The lowest BCUT2D eigenvalue weighted by Gasteiger charge is -2.09. The molecule has 0 radical (unpaired) electrons. The van der Waals surface area contributed by atoms with Crippen molar-refractivity contribution in [2.45, 2.75) is 39.5 Å². The fraction of sp³-hybridized carbons (Fsp3) is 0.296. The van der Waals surface area contributed by atoms with E-state index in [1.54, 1.807) is 14.0 Å². The number of alkyl halides is 3. The molecular weight excluding hydrogens is 599 g/mol. The highest BCUT2D eigenvalue weighted by Crippen LogP contribution is 2.24. The summed E-state index contributed by atoms with van der Waals surface area (Å²) in [5.74, 6) is -2.71. The summed E-state index contributed by atoms with van der Waals surface area (Å²) in [6, 6.07) is 15.2. The second kappa shape index (κ2) is 15.0. The molecule has 0 bridgehead atoms. The van der Waals surface area contributed by atoms with Gasteiger partial charge in [0.15, 0.2) is 0 Å². The van der Waals surface area contributed by atoms with Crippen molar-refractivity contribution in [1.29, 1.82) is 0 Å². The highest BCUT2D eigenvalue weighted by atomic mass is 79.9. The number of esters is 1. The van der Waals surface area contributed by atoms with Gasteiger partial charge in [0, 0.05) is 22.4 Å². The van der Waals surface area contributed by atoms with Crippen LogP contribution in [0.1, 0.15) is 51.5 Å². The van der Waals surface area contributed by atoms with Crippen LogP contribution in [0, 0.1) is 0 Å². The van der Waals surface area contributed by atoms with Crippen molar-refractivity contribution in [3.05, 3.63) is 81.1 Å². The minimum absolute atomic E-state index is 0.254. The third-order valence-corrected chi connectivity index (χ3v) is 5.94. The maximum atomic E-state index is 13.0. The predicted octanol–water partition coefficient (Wildman–Crippen LogP) is 5.70. The van der Waals surface area contributed by atoms with Crippen LogP contribution in [0.5, 0.6) is 5.75 Å². The number of aliphatic carboxylic acids is 1. The normalized spacial score (nSPS) is 10.7. The van der Waals surface area contributed by atoms with E-state index in [1.807, 2.05) is 55.5 Å². The highest BCUT2D eigenvalue weighted by molar-refractivity contribution is 9.10. The zero-order valence-corrected chi connectivity index (χ0v) is 23.5. The van der Waals surface area contributed by atoms with Gasteiger partial charge < -0.3 is 30.2 Å². The van der Waals surface area contributed by atoms with Crippen molar-refractivity contribution in [2.24, 2.45) is 0 Å². The number of halogens is 4. The van der Waals surface area contributed by atoms with Crippen LogP contribution in [0.15, 0.2) is 53.0 Å². The van der Waals surface area contributed by atoms with E-state index in [-0.39, 0.29) is 12.5 Å². The molecule has 0 saturated heterocycles. The molecule has 9 nitrogen and oxygen atoms in total. The lowest BCUT2D eigenvalue weighted by Crippen LogP contribution is -2.24. The van der Waals surface area contributed by atoms with Gasteiger partial charge in [-0.25, -0.2) is 9.59 Å². The molecule has 0 aliphatic rings. The molecule has 1 aromatic heterocycles. The van der Waals surface area contributed by atoms with E-state index in [9.17, 15) is 22.8 Å². The summed E-state index contributed by atoms with van der Waals surface area (Å²) in [7, 11) is 1.61. The molecule has 0 aliphatic heterocycles. The number of carbonyl (C=O) groups is 3. The van der Waals surface area contributed by atoms with Gasteiger partial charge in [-0.05, 0) is 60.9 Å². The van der Waals surface area contributed by atoms with Crippen LogP contribution in [0.4, 0.5) is 18.9 Å². The Labute approximate surface area is 237 Å². The second-order valence-electron chi connectivity index (χ2n) is 8.10. The molecule has 216 valence electrons. The summed E-state index contributed by atoms with van der Waals surface area (Å²) >= 11 is 3.41. The Balaban J connectivity index is 0.000000708. The number of ether oxygens (including phenoxy) is 2. The van der Waals surface area contributed by atoms with Gasteiger partial charge in [0.2, 0.25) is 0 Å². The van der Waals surface area contributed by atoms with E-state index in [0.717, 1.165) is 21.5 Å². The Hall–Kier alpha value is -4.00. The zero-order chi connectivity index (χ0) is 29.9. The van der Waals surface area contributed by atoms with Crippen LogP contribution < -0.4 is 15.4 Å². The largest absolute Gasteiger partial charge is 0.497 e. The number of aromatic amines is 1. The Bertz CT molecular complexity index is 1290. The molecule has 3 aromatic rings. The van der Waals surface area contributed by atoms with Crippen molar-refractivity contribution in [3.63, 3.8) is 0 Å². The topological polar surface area (TPSA) is 130 Å². The van der Waals surface area contributed by atoms with Crippen LogP contribution in [-0.4, -0.2) is 47.8 Å². The summed E-state index contributed by atoms with van der Waals surface area (Å²) in [5, 5.41) is 13.3. The van der Waals surface area contributed by atoms with Crippen LogP contribution in [0.25, 0.3) is 0 Å². The van der Waals surface area contributed by atoms with E-state index in [4.69, 9.17) is 19.4 Å². The Morgan fingerprint density at radius 3 is 2.10 bits per heavy atom. The van der Waals surface area contributed by atoms with Crippen LogP contribution in [0.2, 0.25) is 0 Å². The number of rotatable bonds is 10. The quantitative estimate of drug-likeness (QED) is 0.212. The number of carbonyl (C=O) groups excluding carboxylic acids is 2. The number of hydrogen-bond donors (Lipinski definition) is 4. The Morgan fingerprint density at radius 1 is 1.00 bits per heavy atom. The van der Waals surface area contributed by atoms with E-state index < -0.39 is 18.1 Å². The molecule has 0 aliphatic carbocycles. The minimum Gasteiger partial charge on any atom is -0.497 e. The summed E-state index contributed by atoms with van der Waals surface area (Å²) in [5.41, 5.74) is 3.88. The number of carboxylic acids is 1. The van der Waals surface area contributed by atoms with Gasteiger partial charge in [0.1, 0.15) is 11.4 Å². The molecule has 0 unspecified atom stereocenters. The van der Waals surface area contributed by atoms with Crippen molar-refractivity contribution < 1.29 is 42.1 Å². The minimum atomic E-state index is -5.08. The maximum absolute atomic E-state index is 13.0. The predicted molar refractivity (Wildman–Crippen MR) is 145 cm³/mol. The first kappa shape index (κ1) is 32.2. The van der Waals surface area contributed by atoms with Crippen LogP contribution in [-0.2, 0) is 29.0 Å². The highest BCUT2D eigenvalue weighted by Gasteiger charge is 2.38.